The maximum atomic E-state index is 12.4. The third-order valence-electron chi connectivity index (χ3n) is 4.27. The number of ether oxygens (including phenoxy) is 2. The summed E-state index contributed by atoms with van der Waals surface area (Å²) in [6.45, 7) is 2.64. The van der Waals surface area contributed by atoms with E-state index in [1.807, 2.05) is 30.3 Å². The Balaban J connectivity index is 1.60. The average molecular weight is 409 g/mol. The molecule has 0 atom stereocenters. The van der Waals surface area contributed by atoms with Gasteiger partial charge in [-0.2, -0.15) is 0 Å². The molecule has 0 unspecified atom stereocenters. The van der Waals surface area contributed by atoms with Crippen LogP contribution in [0.3, 0.4) is 0 Å². The summed E-state index contributed by atoms with van der Waals surface area (Å²) in [5.74, 6) is -0.157. The normalized spacial score (nSPS) is 10.3. The van der Waals surface area contributed by atoms with Crippen LogP contribution in [0.15, 0.2) is 59.1 Å². The van der Waals surface area contributed by atoms with Gasteiger partial charge in [-0.3, -0.25) is 20.4 Å². The minimum atomic E-state index is -0.621. The summed E-state index contributed by atoms with van der Waals surface area (Å²) in [7, 11) is 1.50. The Morgan fingerprint density at radius 1 is 1.00 bits per heavy atom. The average Bonchev–Trinajstić information content (AvgIpc) is 3.28. The van der Waals surface area contributed by atoms with Crippen LogP contribution < -0.4 is 20.3 Å². The molecule has 0 fully saturated rings. The Hall–Kier alpha value is -3.81. The summed E-state index contributed by atoms with van der Waals surface area (Å²) in [6, 6.07) is 15.6. The van der Waals surface area contributed by atoms with Crippen LogP contribution in [-0.2, 0) is 0 Å². The lowest BCUT2D eigenvalue weighted by molar-refractivity contribution is 0.0825. The molecule has 1 heterocycles. The van der Waals surface area contributed by atoms with E-state index in [4.69, 9.17) is 14.0 Å². The first kappa shape index (κ1) is 20.9. The Labute approximate surface area is 174 Å². The number of benzene rings is 2. The third-order valence-corrected chi connectivity index (χ3v) is 4.27. The number of carbonyl (C=O) groups excluding carboxylic acids is 2. The van der Waals surface area contributed by atoms with Crippen LogP contribution in [0, 0.1) is 0 Å². The number of amides is 2. The van der Waals surface area contributed by atoms with E-state index >= 15 is 0 Å². The number of hydrogen-bond acceptors (Lipinski definition) is 6. The van der Waals surface area contributed by atoms with Gasteiger partial charge in [0.15, 0.2) is 11.5 Å². The van der Waals surface area contributed by atoms with Crippen molar-refractivity contribution in [2.75, 3.05) is 13.7 Å². The van der Waals surface area contributed by atoms with Crippen molar-refractivity contribution < 1.29 is 23.6 Å². The van der Waals surface area contributed by atoms with Gasteiger partial charge in [-0.05, 0) is 24.6 Å². The summed E-state index contributed by atoms with van der Waals surface area (Å²) in [5.41, 5.74) is 6.30. The molecule has 2 amide bonds. The second-order valence-corrected chi connectivity index (χ2v) is 6.42. The molecule has 1 aromatic heterocycles. The van der Waals surface area contributed by atoms with Crippen LogP contribution in [0.2, 0.25) is 0 Å². The van der Waals surface area contributed by atoms with Gasteiger partial charge in [-0.1, -0.05) is 48.8 Å². The van der Waals surface area contributed by atoms with E-state index in [9.17, 15) is 9.59 Å². The van der Waals surface area contributed by atoms with Gasteiger partial charge in [0, 0.05) is 17.2 Å². The van der Waals surface area contributed by atoms with Gasteiger partial charge in [0.1, 0.15) is 5.69 Å². The molecule has 8 nitrogen and oxygen atoms in total. The van der Waals surface area contributed by atoms with Crippen LogP contribution in [0.4, 0.5) is 0 Å². The van der Waals surface area contributed by atoms with Gasteiger partial charge in [0.2, 0.25) is 5.76 Å². The quantitative estimate of drug-likeness (QED) is 0.435. The van der Waals surface area contributed by atoms with Gasteiger partial charge in [-0.15, -0.1) is 0 Å². The van der Waals surface area contributed by atoms with Crippen LogP contribution in [0.25, 0.3) is 11.3 Å². The maximum Gasteiger partial charge on any atom is 0.308 e. The molecule has 2 N–H and O–H groups in total. The number of rotatable bonds is 8. The molecule has 0 aliphatic heterocycles. The zero-order valence-corrected chi connectivity index (χ0v) is 16.8. The summed E-state index contributed by atoms with van der Waals surface area (Å²) >= 11 is 0. The molecule has 8 heteroatoms. The van der Waals surface area contributed by atoms with E-state index in [1.165, 1.54) is 13.2 Å². The summed E-state index contributed by atoms with van der Waals surface area (Å²) in [5, 5.41) is 3.88. The maximum absolute atomic E-state index is 12.4. The van der Waals surface area contributed by atoms with Crippen molar-refractivity contribution in [2.45, 2.75) is 19.8 Å². The van der Waals surface area contributed by atoms with Crippen molar-refractivity contribution in [3.8, 4) is 22.8 Å². The number of hydrogen-bond donors (Lipinski definition) is 2. The van der Waals surface area contributed by atoms with Crippen molar-refractivity contribution in [1.29, 1.82) is 0 Å². The van der Waals surface area contributed by atoms with Gasteiger partial charge < -0.3 is 14.0 Å². The van der Waals surface area contributed by atoms with Crippen LogP contribution in [0.1, 0.15) is 40.7 Å². The minimum Gasteiger partial charge on any atom is -0.493 e. The Kier molecular flexibility index (Phi) is 7.05. The Bertz CT molecular complexity index is 1000. The van der Waals surface area contributed by atoms with E-state index < -0.39 is 11.8 Å². The first-order chi connectivity index (χ1) is 14.6. The molecule has 0 radical (unpaired) electrons. The van der Waals surface area contributed by atoms with Crippen molar-refractivity contribution in [2.24, 2.45) is 0 Å². The largest absolute Gasteiger partial charge is 0.493 e. The lowest BCUT2D eigenvalue weighted by Gasteiger charge is -2.12. The van der Waals surface area contributed by atoms with E-state index in [1.54, 1.807) is 18.2 Å². The molecule has 3 rings (SSSR count). The zero-order valence-electron chi connectivity index (χ0n) is 16.8. The fourth-order valence-electron chi connectivity index (χ4n) is 2.63. The Morgan fingerprint density at radius 2 is 1.77 bits per heavy atom. The number of nitrogens with zero attached hydrogens (tertiary/aromatic N) is 1. The lowest BCUT2D eigenvalue weighted by Crippen LogP contribution is -2.41. The zero-order chi connectivity index (χ0) is 21.3. The summed E-state index contributed by atoms with van der Waals surface area (Å²) in [4.78, 5) is 24.6. The molecule has 3 aromatic rings. The molecule has 0 aliphatic rings. The fourth-order valence-corrected chi connectivity index (χ4v) is 2.63. The van der Waals surface area contributed by atoms with Crippen LogP contribution >= 0.6 is 0 Å². The molecular formula is C22H23N3O5. The van der Waals surface area contributed by atoms with E-state index in [0.717, 1.165) is 18.4 Å². The summed E-state index contributed by atoms with van der Waals surface area (Å²) < 4.78 is 16.0. The van der Waals surface area contributed by atoms with Gasteiger partial charge >= 0.3 is 5.91 Å². The fraction of sp³-hybridized carbons (Fsp3) is 0.227. The first-order valence-electron chi connectivity index (χ1n) is 9.56. The highest BCUT2D eigenvalue weighted by Crippen LogP contribution is 2.28. The van der Waals surface area contributed by atoms with E-state index in [0.29, 0.717) is 29.4 Å². The molecule has 0 spiro atoms. The second-order valence-electron chi connectivity index (χ2n) is 6.42. The van der Waals surface area contributed by atoms with Crippen LogP contribution in [-0.4, -0.2) is 30.7 Å². The Morgan fingerprint density at radius 3 is 2.50 bits per heavy atom. The van der Waals surface area contributed by atoms with E-state index in [2.05, 4.69) is 22.9 Å². The number of carbonyl (C=O) groups is 2. The highest BCUT2D eigenvalue weighted by atomic mass is 16.5. The highest BCUT2D eigenvalue weighted by Gasteiger charge is 2.16. The molecule has 0 saturated heterocycles. The SMILES string of the molecule is CCCCOc1ccc(C(=O)NNC(=O)c2cc(-c3ccccc3)no2)cc1OC. The highest BCUT2D eigenvalue weighted by molar-refractivity contribution is 5.98. The third kappa shape index (κ3) is 5.16. The van der Waals surface area contributed by atoms with Gasteiger partial charge in [0.05, 0.1) is 13.7 Å². The smallest absolute Gasteiger partial charge is 0.308 e. The van der Waals surface area contributed by atoms with Crippen LogP contribution in [0.5, 0.6) is 11.5 Å². The van der Waals surface area contributed by atoms with E-state index in [-0.39, 0.29) is 5.76 Å². The minimum absolute atomic E-state index is 0.0218. The molecule has 0 aliphatic carbocycles. The predicted octanol–water partition coefficient (Wildman–Crippen LogP) is 3.60. The van der Waals surface area contributed by atoms with Crippen molar-refractivity contribution in [3.05, 3.63) is 65.9 Å². The monoisotopic (exact) mass is 409 g/mol. The second kappa shape index (κ2) is 10.1. The topological polar surface area (TPSA) is 103 Å². The van der Waals surface area contributed by atoms with Gasteiger partial charge in [-0.25, -0.2) is 0 Å². The predicted molar refractivity (Wildman–Crippen MR) is 110 cm³/mol. The van der Waals surface area contributed by atoms with Crippen molar-refractivity contribution in [1.82, 2.24) is 16.0 Å². The first-order valence-corrected chi connectivity index (χ1v) is 9.56. The molecule has 156 valence electrons. The number of hydrazine groups is 1. The lowest BCUT2D eigenvalue weighted by atomic mass is 10.1. The molecule has 0 bridgehead atoms. The molecule has 2 aromatic carbocycles. The molecule has 0 saturated carbocycles. The van der Waals surface area contributed by atoms with Gasteiger partial charge in [0.25, 0.3) is 5.91 Å². The molecular weight excluding hydrogens is 386 g/mol. The number of methoxy groups -OCH3 is 1. The number of aromatic nitrogens is 1. The standard InChI is InChI=1S/C22H23N3O5/c1-3-4-12-29-18-11-10-16(13-19(18)28-2)21(26)23-24-22(27)20-14-17(25-30-20)15-8-6-5-7-9-15/h5-11,13-14H,3-4,12H2,1-2H3,(H,23,26)(H,24,27). The molecule has 30 heavy (non-hydrogen) atoms. The number of nitrogens with one attached hydrogen (secondary N) is 2. The van der Waals surface area contributed by atoms with Crippen molar-refractivity contribution in [3.63, 3.8) is 0 Å². The summed E-state index contributed by atoms with van der Waals surface area (Å²) in [6.07, 6.45) is 1.94. The number of unbranched alkanes of at least 4 members (excludes halogenated alkanes) is 1. The van der Waals surface area contributed by atoms with Crippen molar-refractivity contribution >= 4 is 11.8 Å².